The number of nitrogens with one attached hydrogen (secondary N) is 1. The van der Waals surface area contributed by atoms with Gasteiger partial charge in [0.05, 0.1) is 4.53 Å². The summed E-state index contributed by atoms with van der Waals surface area (Å²) in [5.74, 6) is -0.250. The molecule has 7 heteroatoms. The van der Waals surface area contributed by atoms with Crippen molar-refractivity contribution in [3.8, 4) is 0 Å². The number of carbonyl (C=O) groups excluding carboxylic acids is 2. The predicted molar refractivity (Wildman–Crippen MR) is 145 cm³/mol. The van der Waals surface area contributed by atoms with Gasteiger partial charge in [-0.15, -0.1) is 11.3 Å². The van der Waals surface area contributed by atoms with Crippen LogP contribution in [0.15, 0.2) is 29.1 Å². The van der Waals surface area contributed by atoms with Crippen LogP contribution in [0, 0.1) is 5.41 Å². The van der Waals surface area contributed by atoms with Crippen LogP contribution in [0.2, 0.25) is 0 Å². The summed E-state index contributed by atoms with van der Waals surface area (Å²) in [4.78, 5) is 41.2. The Labute approximate surface area is 212 Å². The van der Waals surface area contributed by atoms with Crippen molar-refractivity contribution in [1.29, 1.82) is 0 Å². The summed E-state index contributed by atoms with van der Waals surface area (Å²) in [6, 6.07) is 8.27. The second-order valence-corrected chi connectivity index (χ2v) is 11.3. The first-order valence-electron chi connectivity index (χ1n) is 12.7. The van der Waals surface area contributed by atoms with Crippen molar-refractivity contribution < 1.29 is 9.59 Å². The molecular weight excluding hydrogens is 458 g/mol. The second-order valence-electron chi connectivity index (χ2n) is 10.3. The van der Waals surface area contributed by atoms with E-state index in [1.807, 2.05) is 39.0 Å². The van der Waals surface area contributed by atoms with Gasteiger partial charge in [0.2, 0.25) is 5.91 Å². The lowest BCUT2D eigenvalue weighted by Crippen LogP contribution is -2.42. The molecule has 1 amide bonds. The Morgan fingerprint density at radius 1 is 1.09 bits per heavy atom. The van der Waals surface area contributed by atoms with Gasteiger partial charge in [-0.1, -0.05) is 52.2 Å². The van der Waals surface area contributed by atoms with Crippen LogP contribution in [0.3, 0.4) is 0 Å². The summed E-state index contributed by atoms with van der Waals surface area (Å²) in [5.41, 5.74) is 1.24. The molecule has 1 aliphatic carbocycles. The van der Waals surface area contributed by atoms with Crippen LogP contribution in [0.25, 0.3) is 12.2 Å². The van der Waals surface area contributed by atoms with Crippen molar-refractivity contribution in [2.45, 2.75) is 79.3 Å². The Morgan fingerprint density at radius 2 is 1.71 bits per heavy atom. The van der Waals surface area contributed by atoms with E-state index in [1.54, 1.807) is 0 Å². The smallest absolute Gasteiger partial charge is 0.269 e. The largest absolute Gasteiger partial charge is 0.372 e. The second kappa shape index (κ2) is 11.8. The van der Waals surface area contributed by atoms with Gasteiger partial charge in [-0.2, -0.15) is 0 Å². The summed E-state index contributed by atoms with van der Waals surface area (Å²) in [5, 5.41) is 3.08. The number of carbonyl (C=O) groups is 2. The Bertz CT molecular complexity index is 1190. The molecule has 0 saturated heterocycles. The Morgan fingerprint density at radius 3 is 2.29 bits per heavy atom. The SMILES string of the molecule is CCN(CC)c1ccc(/C=c2/s/c(=C/C(=O)C(C)(C)C)n(CC(=O)NC3CCCCC3)c2=O)cc1. The van der Waals surface area contributed by atoms with Gasteiger partial charge in [-0.05, 0) is 50.5 Å². The van der Waals surface area contributed by atoms with Crippen molar-refractivity contribution in [3.05, 3.63) is 49.4 Å². The van der Waals surface area contributed by atoms with Crippen LogP contribution in [-0.4, -0.2) is 35.4 Å². The Balaban J connectivity index is 1.97. The molecule has 1 aromatic heterocycles. The van der Waals surface area contributed by atoms with Crippen LogP contribution in [0.4, 0.5) is 5.69 Å². The minimum absolute atomic E-state index is 0.0738. The number of amides is 1. The number of ketones is 1. The average Bonchev–Trinajstić information content (AvgIpc) is 3.09. The molecular formula is C28H39N3O3S. The molecule has 1 heterocycles. The number of Topliss-reactive ketones (excluding diaryl/α,β-unsaturated/α-hetero) is 1. The average molecular weight is 498 g/mol. The molecule has 0 bridgehead atoms. The molecule has 1 saturated carbocycles. The zero-order valence-corrected chi connectivity index (χ0v) is 22.5. The van der Waals surface area contributed by atoms with E-state index >= 15 is 0 Å². The predicted octanol–water partition coefficient (Wildman–Crippen LogP) is 3.43. The molecule has 1 aromatic carbocycles. The fourth-order valence-electron chi connectivity index (χ4n) is 4.31. The van der Waals surface area contributed by atoms with Crippen molar-refractivity contribution in [2.24, 2.45) is 5.41 Å². The summed E-state index contributed by atoms with van der Waals surface area (Å²) in [6.07, 6.45) is 8.76. The highest BCUT2D eigenvalue weighted by Crippen LogP contribution is 2.18. The molecule has 1 fully saturated rings. The van der Waals surface area contributed by atoms with E-state index in [0.29, 0.717) is 9.20 Å². The molecule has 2 aromatic rings. The minimum atomic E-state index is -0.570. The Hall–Kier alpha value is -2.67. The van der Waals surface area contributed by atoms with E-state index in [4.69, 9.17) is 0 Å². The maximum atomic E-state index is 13.3. The molecule has 0 radical (unpaired) electrons. The monoisotopic (exact) mass is 497 g/mol. The highest BCUT2D eigenvalue weighted by molar-refractivity contribution is 7.07. The summed E-state index contributed by atoms with van der Waals surface area (Å²) >= 11 is 1.26. The zero-order chi connectivity index (χ0) is 25.6. The number of nitrogens with zero attached hydrogens (tertiary/aromatic N) is 2. The lowest BCUT2D eigenvalue weighted by Gasteiger charge is -2.22. The molecule has 0 aliphatic heterocycles. The maximum Gasteiger partial charge on any atom is 0.269 e. The van der Waals surface area contributed by atoms with Gasteiger partial charge in [0, 0.05) is 36.3 Å². The van der Waals surface area contributed by atoms with Gasteiger partial charge in [0.15, 0.2) is 5.78 Å². The van der Waals surface area contributed by atoms with Gasteiger partial charge < -0.3 is 10.2 Å². The van der Waals surface area contributed by atoms with E-state index < -0.39 is 5.41 Å². The first-order chi connectivity index (χ1) is 16.6. The molecule has 0 unspecified atom stereocenters. The number of hydrogen-bond donors (Lipinski definition) is 1. The highest BCUT2D eigenvalue weighted by atomic mass is 32.1. The van der Waals surface area contributed by atoms with Crippen LogP contribution >= 0.6 is 11.3 Å². The number of hydrogen-bond acceptors (Lipinski definition) is 5. The molecule has 190 valence electrons. The third-order valence-corrected chi connectivity index (χ3v) is 7.58. The van der Waals surface area contributed by atoms with E-state index in [9.17, 15) is 14.4 Å². The number of thiazole rings is 1. The molecule has 1 aliphatic rings. The quantitative estimate of drug-likeness (QED) is 0.607. The van der Waals surface area contributed by atoms with Crippen molar-refractivity contribution in [2.75, 3.05) is 18.0 Å². The van der Waals surface area contributed by atoms with Gasteiger partial charge in [-0.25, -0.2) is 0 Å². The molecule has 3 rings (SSSR count). The van der Waals surface area contributed by atoms with Crippen molar-refractivity contribution >= 4 is 40.9 Å². The molecule has 6 nitrogen and oxygen atoms in total. The summed E-state index contributed by atoms with van der Waals surface area (Å²) in [7, 11) is 0. The topological polar surface area (TPSA) is 71.4 Å². The first-order valence-corrected chi connectivity index (χ1v) is 13.6. The van der Waals surface area contributed by atoms with E-state index in [0.717, 1.165) is 50.0 Å². The van der Waals surface area contributed by atoms with E-state index in [-0.39, 0.29) is 29.8 Å². The Kier molecular flexibility index (Phi) is 9.11. The van der Waals surface area contributed by atoms with Gasteiger partial charge in [0.25, 0.3) is 5.56 Å². The fraction of sp³-hybridized carbons (Fsp3) is 0.536. The minimum Gasteiger partial charge on any atom is -0.372 e. The number of rotatable bonds is 8. The number of anilines is 1. The molecule has 1 N–H and O–H groups in total. The lowest BCUT2D eigenvalue weighted by atomic mass is 9.91. The molecule has 0 atom stereocenters. The van der Waals surface area contributed by atoms with E-state index in [2.05, 4.69) is 36.2 Å². The van der Waals surface area contributed by atoms with Crippen molar-refractivity contribution in [1.82, 2.24) is 9.88 Å². The highest BCUT2D eigenvalue weighted by Gasteiger charge is 2.21. The lowest BCUT2D eigenvalue weighted by molar-refractivity contribution is -0.123. The standard InChI is InChI=1S/C28H39N3O3S/c1-6-30(7-2)22-15-13-20(14-16-22)17-23-27(34)31(26(35-23)18-24(32)28(3,4)5)19-25(33)29-21-11-9-8-10-12-21/h13-18,21H,6-12,19H2,1-5H3,(H,29,33)/b23-17+,26-18+. The number of benzene rings is 1. The van der Waals surface area contributed by atoms with Crippen molar-refractivity contribution in [3.63, 3.8) is 0 Å². The fourth-order valence-corrected chi connectivity index (χ4v) is 5.35. The maximum absolute atomic E-state index is 13.3. The zero-order valence-electron chi connectivity index (χ0n) is 21.7. The van der Waals surface area contributed by atoms with Crippen LogP contribution in [0.5, 0.6) is 0 Å². The van der Waals surface area contributed by atoms with Crippen LogP contribution in [-0.2, 0) is 16.1 Å². The third kappa shape index (κ3) is 7.17. The third-order valence-electron chi connectivity index (χ3n) is 6.52. The number of aromatic nitrogens is 1. The van der Waals surface area contributed by atoms with Gasteiger partial charge >= 0.3 is 0 Å². The summed E-state index contributed by atoms with van der Waals surface area (Å²) in [6.45, 7) is 11.6. The van der Waals surface area contributed by atoms with Gasteiger partial charge in [-0.3, -0.25) is 19.0 Å². The normalized spacial score (nSPS) is 15.9. The first kappa shape index (κ1) is 26.9. The van der Waals surface area contributed by atoms with Crippen LogP contribution in [0.1, 0.15) is 72.3 Å². The molecule has 35 heavy (non-hydrogen) atoms. The van der Waals surface area contributed by atoms with Gasteiger partial charge in [0.1, 0.15) is 11.2 Å². The van der Waals surface area contributed by atoms with E-state index in [1.165, 1.54) is 28.4 Å². The van der Waals surface area contributed by atoms with Crippen LogP contribution < -0.4 is 25.0 Å². The molecule has 0 spiro atoms. The summed E-state index contributed by atoms with van der Waals surface area (Å²) < 4.78 is 2.47.